The Kier molecular flexibility index (Phi) is 5.84. The van der Waals surface area contributed by atoms with Crippen molar-refractivity contribution in [3.05, 3.63) is 209 Å². The van der Waals surface area contributed by atoms with Gasteiger partial charge >= 0.3 is 0 Å². The maximum absolute atomic E-state index is 5.52. The van der Waals surface area contributed by atoms with Crippen LogP contribution in [0.2, 0.25) is 0 Å². The summed E-state index contributed by atoms with van der Waals surface area (Å²) in [6.45, 7) is 4.70. The maximum atomic E-state index is 5.52. The van der Waals surface area contributed by atoms with Crippen molar-refractivity contribution in [1.82, 2.24) is 4.98 Å². The largest absolute Gasteiger partial charge is 0.247 e. The molecule has 3 aliphatic carbocycles. The predicted molar refractivity (Wildman–Crippen MR) is 224 cm³/mol. The monoisotopic (exact) mass is 685 g/mol. The van der Waals surface area contributed by atoms with Gasteiger partial charge in [-0.2, -0.15) is 0 Å². The molecular formula is C53H35N. The first kappa shape index (κ1) is 29.9. The Morgan fingerprint density at radius 2 is 0.889 bits per heavy atom. The second kappa shape index (κ2) is 10.5. The lowest BCUT2D eigenvalue weighted by Crippen LogP contribution is -2.25. The van der Waals surface area contributed by atoms with Crippen LogP contribution in [0, 0.1) is 0 Å². The van der Waals surface area contributed by atoms with E-state index in [1.165, 1.54) is 94.0 Å². The molecule has 0 saturated heterocycles. The van der Waals surface area contributed by atoms with Gasteiger partial charge in [-0.15, -0.1) is 0 Å². The molecular weight excluding hydrogens is 651 g/mol. The summed E-state index contributed by atoms with van der Waals surface area (Å²) < 4.78 is 0. The number of hydrogen-bond acceptors (Lipinski definition) is 1. The van der Waals surface area contributed by atoms with Gasteiger partial charge in [0.1, 0.15) is 0 Å². The van der Waals surface area contributed by atoms with Gasteiger partial charge in [0.2, 0.25) is 0 Å². The molecule has 54 heavy (non-hydrogen) atoms. The van der Waals surface area contributed by atoms with E-state index in [0.29, 0.717) is 0 Å². The number of hydrogen-bond donors (Lipinski definition) is 0. The minimum absolute atomic E-state index is 0.0375. The Labute approximate surface area is 315 Å². The molecule has 0 atom stereocenters. The molecule has 252 valence electrons. The van der Waals surface area contributed by atoms with E-state index in [2.05, 4.69) is 190 Å². The molecule has 0 radical (unpaired) electrons. The molecule has 1 heteroatoms. The number of fused-ring (bicyclic) bond motifs is 17. The van der Waals surface area contributed by atoms with Gasteiger partial charge in [-0.25, -0.2) is 4.98 Å². The first-order chi connectivity index (χ1) is 26.5. The smallest absolute Gasteiger partial charge is 0.0794 e. The molecule has 9 aromatic rings. The summed E-state index contributed by atoms with van der Waals surface area (Å²) in [5.41, 5.74) is 21.3. The molecule has 8 aromatic carbocycles. The summed E-state index contributed by atoms with van der Waals surface area (Å²) >= 11 is 0. The van der Waals surface area contributed by atoms with Crippen molar-refractivity contribution in [3.63, 3.8) is 0 Å². The second-order valence-corrected chi connectivity index (χ2v) is 15.8. The van der Waals surface area contributed by atoms with E-state index in [4.69, 9.17) is 4.98 Å². The topological polar surface area (TPSA) is 12.9 Å². The molecule has 0 fully saturated rings. The number of pyridine rings is 1. The fraction of sp³-hybridized carbons (Fsp3) is 0.0755. The van der Waals surface area contributed by atoms with Crippen LogP contribution in [0.4, 0.5) is 0 Å². The molecule has 1 spiro atoms. The summed E-state index contributed by atoms with van der Waals surface area (Å²) in [5.74, 6) is 0. The Hall–Kier alpha value is -6.57. The summed E-state index contributed by atoms with van der Waals surface area (Å²) in [4.78, 5) is 5.52. The Bertz CT molecular complexity index is 3030. The zero-order chi connectivity index (χ0) is 35.8. The van der Waals surface area contributed by atoms with E-state index >= 15 is 0 Å². The summed E-state index contributed by atoms with van der Waals surface area (Å²) in [6.07, 6.45) is 0. The van der Waals surface area contributed by atoms with E-state index in [1.807, 2.05) is 0 Å². The van der Waals surface area contributed by atoms with Gasteiger partial charge in [-0.3, -0.25) is 0 Å². The first-order valence-corrected chi connectivity index (χ1v) is 19.1. The lowest BCUT2D eigenvalue weighted by molar-refractivity contribution is 0.660. The van der Waals surface area contributed by atoms with Crippen molar-refractivity contribution in [2.24, 2.45) is 0 Å². The maximum Gasteiger partial charge on any atom is 0.0794 e. The van der Waals surface area contributed by atoms with Gasteiger partial charge in [0.05, 0.1) is 16.6 Å². The van der Waals surface area contributed by atoms with Gasteiger partial charge < -0.3 is 0 Å². The fourth-order valence-corrected chi connectivity index (χ4v) is 10.5. The molecule has 0 saturated carbocycles. The lowest BCUT2D eigenvalue weighted by atomic mass is 9.70. The van der Waals surface area contributed by atoms with Crippen molar-refractivity contribution in [3.8, 4) is 55.8 Å². The van der Waals surface area contributed by atoms with Crippen LogP contribution in [0.1, 0.15) is 47.2 Å². The SMILES string of the molecule is CC1(C)c2ccccc2-c2ccc(-c3ccc(-c4nc5ccccc5c5ccc6c(c45)-c4ccccc4C64c5ccccc5-c5ccccc54)cc3)cc21. The normalized spacial score (nSPS) is 14.8. The average Bonchev–Trinajstić information content (AvgIpc) is 3.79. The number of aromatic nitrogens is 1. The van der Waals surface area contributed by atoms with Crippen LogP contribution >= 0.6 is 0 Å². The van der Waals surface area contributed by atoms with Crippen LogP contribution < -0.4 is 0 Å². The van der Waals surface area contributed by atoms with Crippen molar-refractivity contribution in [1.29, 1.82) is 0 Å². The highest BCUT2D eigenvalue weighted by Gasteiger charge is 2.52. The average molecular weight is 686 g/mol. The van der Waals surface area contributed by atoms with Crippen molar-refractivity contribution >= 4 is 21.7 Å². The minimum Gasteiger partial charge on any atom is -0.247 e. The highest BCUT2D eigenvalue weighted by molar-refractivity contribution is 6.19. The molecule has 1 nitrogen and oxygen atoms in total. The zero-order valence-electron chi connectivity index (χ0n) is 30.2. The Morgan fingerprint density at radius 3 is 1.59 bits per heavy atom. The van der Waals surface area contributed by atoms with Gasteiger partial charge in [0, 0.05) is 21.8 Å². The number of benzene rings is 8. The third kappa shape index (κ3) is 3.66. The zero-order valence-corrected chi connectivity index (χ0v) is 30.2. The van der Waals surface area contributed by atoms with E-state index in [0.717, 1.165) is 16.8 Å². The van der Waals surface area contributed by atoms with E-state index in [9.17, 15) is 0 Å². The third-order valence-electron chi connectivity index (χ3n) is 12.9. The molecule has 12 rings (SSSR count). The van der Waals surface area contributed by atoms with Crippen molar-refractivity contribution in [2.75, 3.05) is 0 Å². The molecule has 0 unspecified atom stereocenters. The highest BCUT2D eigenvalue weighted by atomic mass is 14.7. The molecule has 0 amide bonds. The molecule has 1 heterocycles. The molecule has 0 N–H and O–H groups in total. The molecule has 1 aromatic heterocycles. The third-order valence-corrected chi connectivity index (χ3v) is 12.9. The number of para-hydroxylation sites is 1. The van der Waals surface area contributed by atoms with E-state index in [1.54, 1.807) is 0 Å². The quantitative estimate of drug-likeness (QED) is 0.165. The predicted octanol–water partition coefficient (Wildman–Crippen LogP) is 13.4. The number of rotatable bonds is 2. The molecule has 0 aliphatic heterocycles. The number of nitrogens with zero attached hydrogens (tertiary/aromatic N) is 1. The van der Waals surface area contributed by atoms with Crippen LogP contribution in [0.15, 0.2) is 176 Å². The summed E-state index contributed by atoms with van der Waals surface area (Å²) in [6, 6.07) is 65.6. The second-order valence-electron chi connectivity index (χ2n) is 15.8. The van der Waals surface area contributed by atoms with Gasteiger partial charge in [-0.1, -0.05) is 178 Å². The van der Waals surface area contributed by atoms with Gasteiger partial charge in [0.25, 0.3) is 0 Å². The Balaban J connectivity index is 1.10. The van der Waals surface area contributed by atoms with Crippen molar-refractivity contribution in [2.45, 2.75) is 24.7 Å². The van der Waals surface area contributed by atoms with E-state index in [-0.39, 0.29) is 5.41 Å². The summed E-state index contributed by atoms with van der Waals surface area (Å²) in [7, 11) is 0. The van der Waals surface area contributed by atoms with Crippen LogP contribution in [0.5, 0.6) is 0 Å². The minimum atomic E-state index is -0.402. The standard InChI is InChI=1S/C53H35N/c1-52(2)42-18-8-3-13-35(42)38-28-27-34(31-47(38)52)32-23-25-33(26-24-32)51-50-40(39-16-7-12-22-48(39)54-51)29-30-46-49(50)41-17-6-11-21-45(41)53(46)43-19-9-4-14-36(43)37-15-5-10-20-44(37)53/h3-31H,1-2H3. The Morgan fingerprint density at radius 1 is 0.370 bits per heavy atom. The molecule has 3 aliphatic rings. The molecule has 0 bridgehead atoms. The van der Waals surface area contributed by atoms with Crippen molar-refractivity contribution < 1.29 is 0 Å². The first-order valence-electron chi connectivity index (χ1n) is 19.1. The van der Waals surface area contributed by atoms with Crippen LogP contribution in [-0.2, 0) is 10.8 Å². The fourth-order valence-electron chi connectivity index (χ4n) is 10.5. The van der Waals surface area contributed by atoms with Crippen LogP contribution in [0.25, 0.3) is 77.4 Å². The van der Waals surface area contributed by atoms with Gasteiger partial charge in [-0.05, 0) is 95.4 Å². The van der Waals surface area contributed by atoms with Crippen LogP contribution in [0.3, 0.4) is 0 Å². The summed E-state index contributed by atoms with van der Waals surface area (Å²) in [5, 5.41) is 3.65. The van der Waals surface area contributed by atoms with E-state index < -0.39 is 5.41 Å². The lowest BCUT2D eigenvalue weighted by Gasteiger charge is -2.30. The van der Waals surface area contributed by atoms with Crippen LogP contribution in [-0.4, -0.2) is 4.98 Å². The highest BCUT2D eigenvalue weighted by Crippen LogP contribution is 2.64. The van der Waals surface area contributed by atoms with Gasteiger partial charge in [0.15, 0.2) is 0 Å².